The Balaban J connectivity index is 2.14. The highest BCUT2D eigenvalue weighted by Crippen LogP contribution is 2.13. The van der Waals surface area contributed by atoms with Gasteiger partial charge in [0.2, 0.25) is 5.76 Å². The molecule has 0 aliphatic rings. The number of rotatable bonds is 2. The van der Waals surface area contributed by atoms with E-state index in [0.29, 0.717) is 0 Å². The number of amides is 1. The zero-order valence-corrected chi connectivity index (χ0v) is 10.7. The topological polar surface area (TPSA) is 55.1 Å². The van der Waals surface area contributed by atoms with E-state index in [1.807, 2.05) is 24.3 Å². The average molecular weight is 328 g/mol. The highest BCUT2D eigenvalue weighted by Gasteiger charge is 2.13. The van der Waals surface area contributed by atoms with Gasteiger partial charge in [-0.15, -0.1) is 0 Å². The van der Waals surface area contributed by atoms with Gasteiger partial charge in [-0.25, -0.2) is 0 Å². The van der Waals surface area contributed by atoms with Crippen molar-refractivity contribution < 1.29 is 9.32 Å². The fourth-order valence-corrected chi connectivity index (χ4v) is 1.59. The van der Waals surface area contributed by atoms with Crippen LogP contribution in [0.15, 0.2) is 35.0 Å². The molecule has 4 nitrogen and oxygen atoms in total. The highest BCUT2D eigenvalue weighted by atomic mass is 127. The fourth-order valence-electron chi connectivity index (χ4n) is 1.23. The minimum absolute atomic E-state index is 0.249. The third-order valence-corrected chi connectivity index (χ3v) is 2.78. The molecule has 0 radical (unpaired) electrons. The van der Waals surface area contributed by atoms with Gasteiger partial charge in [-0.05, 0) is 53.8 Å². The van der Waals surface area contributed by atoms with Crippen LogP contribution in [0.1, 0.15) is 16.1 Å². The van der Waals surface area contributed by atoms with Gasteiger partial charge >= 0.3 is 0 Å². The number of aryl methyl sites for hydroxylation is 1. The van der Waals surface area contributed by atoms with Gasteiger partial charge < -0.3 is 9.84 Å². The molecule has 0 spiro atoms. The molecule has 0 aliphatic heterocycles. The second kappa shape index (κ2) is 4.65. The van der Waals surface area contributed by atoms with Gasteiger partial charge in [0.1, 0.15) is 0 Å². The van der Waals surface area contributed by atoms with Crippen LogP contribution in [0.2, 0.25) is 0 Å². The lowest BCUT2D eigenvalue weighted by Crippen LogP contribution is -2.11. The van der Waals surface area contributed by atoms with Gasteiger partial charge in [-0.2, -0.15) is 0 Å². The smallest absolute Gasteiger partial charge is 0.294 e. The predicted molar refractivity (Wildman–Crippen MR) is 68.4 cm³/mol. The summed E-state index contributed by atoms with van der Waals surface area (Å²) in [7, 11) is 0. The lowest BCUT2D eigenvalue weighted by molar-refractivity contribution is 0.0987. The molecule has 82 valence electrons. The third kappa shape index (κ3) is 2.41. The molecule has 5 heteroatoms. The SMILES string of the molecule is Cc1cnoc1C(=O)Nc1ccc(I)cc1. The van der Waals surface area contributed by atoms with E-state index in [1.54, 1.807) is 6.92 Å². The molecule has 0 fully saturated rings. The van der Waals surface area contributed by atoms with E-state index in [1.165, 1.54) is 6.20 Å². The molecule has 0 unspecified atom stereocenters. The Bertz CT molecular complexity index is 505. The number of benzene rings is 1. The molecule has 1 aromatic carbocycles. The summed E-state index contributed by atoms with van der Waals surface area (Å²) in [6, 6.07) is 7.52. The summed E-state index contributed by atoms with van der Waals surface area (Å²) in [6.07, 6.45) is 1.52. The number of carbonyl (C=O) groups excluding carboxylic acids is 1. The van der Waals surface area contributed by atoms with Crippen molar-refractivity contribution in [2.24, 2.45) is 0 Å². The first kappa shape index (κ1) is 11.1. The summed E-state index contributed by atoms with van der Waals surface area (Å²) in [6.45, 7) is 1.78. The maximum Gasteiger partial charge on any atom is 0.294 e. The van der Waals surface area contributed by atoms with Crippen LogP contribution < -0.4 is 5.32 Å². The Morgan fingerprint density at radius 3 is 2.62 bits per heavy atom. The van der Waals surface area contributed by atoms with Gasteiger partial charge in [0, 0.05) is 14.8 Å². The van der Waals surface area contributed by atoms with Crippen LogP contribution in [-0.4, -0.2) is 11.1 Å². The lowest BCUT2D eigenvalue weighted by Gasteiger charge is -2.02. The molecule has 1 aromatic heterocycles. The minimum Gasteiger partial charge on any atom is -0.351 e. The molecule has 2 rings (SSSR count). The van der Waals surface area contributed by atoms with E-state index < -0.39 is 0 Å². The van der Waals surface area contributed by atoms with Crippen molar-refractivity contribution in [3.8, 4) is 0 Å². The molecule has 1 heterocycles. The van der Waals surface area contributed by atoms with E-state index in [9.17, 15) is 4.79 Å². The quantitative estimate of drug-likeness (QED) is 0.863. The normalized spacial score (nSPS) is 10.1. The standard InChI is InChI=1S/C11H9IN2O2/c1-7-6-13-16-10(7)11(15)14-9-4-2-8(12)3-5-9/h2-6H,1H3,(H,14,15). The molecule has 0 saturated carbocycles. The third-order valence-electron chi connectivity index (χ3n) is 2.06. The molecule has 0 atom stereocenters. The molecule has 0 saturated heterocycles. The van der Waals surface area contributed by atoms with Gasteiger partial charge in [-0.1, -0.05) is 5.16 Å². The Morgan fingerprint density at radius 2 is 2.06 bits per heavy atom. The Labute approximate surface area is 106 Å². The molecular weight excluding hydrogens is 319 g/mol. The van der Waals surface area contributed by atoms with E-state index in [0.717, 1.165) is 14.8 Å². The number of hydrogen-bond acceptors (Lipinski definition) is 3. The van der Waals surface area contributed by atoms with Gasteiger partial charge in [0.25, 0.3) is 5.91 Å². The van der Waals surface area contributed by atoms with Crippen LogP contribution in [0.4, 0.5) is 5.69 Å². The minimum atomic E-state index is -0.281. The second-order valence-corrected chi connectivity index (χ2v) is 4.54. The number of anilines is 1. The number of aromatic nitrogens is 1. The molecule has 1 amide bonds. The second-order valence-electron chi connectivity index (χ2n) is 3.30. The van der Waals surface area contributed by atoms with Crippen molar-refractivity contribution in [2.45, 2.75) is 6.92 Å². The lowest BCUT2D eigenvalue weighted by atomic mass is 10.2. The number of nitrogens with zero attached hydrogens (tertiary/aromatic N) is 1. The van der Waals surface area contributed by atoms with Crippen LogP contribution in [0, 0.1) is 10.5 Å². The van der Waals surface area contributed by atoms with Gasteiger partial charge in [0.05, 0.1) is 6.20 Å². The summed E-state index contributed by atoms with van der Waals surface area (Å²) >= 11 is 2.20. The van der Waals surface area contributed by atoms with E-state index >= 15 is 0 Å². The Morgan fingerprint density at radius 1 is 1.38 bits per heavy atom. The Hall–Kier alpha value is -1.37. The summed E-state index contributed by atoms with van der Waals surface area (Å²) in [5, 5.41) is 6.30. The van der Waals surface area contributed by atoms with E-state index in [2.05, 4.69) is 33.1 Å². The molecule has 16 heavy (non-hydrogen) atoms. The number of nitrogens with one attached hydrogen (secondary N) is 1. The number of carbonyl (C=O) groups is 1. The van der Waals surface area contributed by atoms with E-state index in [4.69, 9.17) is 4.52 Å². The van der Waals surface area contributed by atoms with Crippen LogP contribution in [-0.2, 0) is 0 Å². The van der Waals surface area contributed by atoms with Crippen molar-refractivity contribution in [1.29, 1.82) is 0 Å². The van der Waals surface area contributed by atoms with Crippen molar-refractivity contribution in [3.63, 3.8) is 0 Å². The summed E-state index contributed by atoms with van der Waals surface area (Å²) in [5.74, 6) is -0.0326. The van der Waals surface area contributed by atoms with E-state index in [-0.39, 0.29) is 11.7 Å². The summed E-state index contributed by atoms with van der Waals surface area (Å²) < 4.78 is 5.98. The summed E-state index contributed by atoms with van der Waals surface area (Å²) in [4.78, 5) is 11.7. The van der Waals surface area contributed by atoms with Crippen molar-refractivity contribution in [1.82, 2.24) is 5.16 Å². The maximum atomic E-state index is 11.7. The largest absolute Gasteiger partial charge is 0.351 e. The van der Waals surface area contributed by atoms with Crippen LogP contribution >= 0.6 is 22.6 Å². The molecule has 0 aliphatic carbocycles. The fraction of sp³-hybridized carbons (Fsp3) is 0.0909. The van der Waals surface area contributed by atoms with Crippen molar-refractivity contribution >= 4 is 34.2 Å². The number of hydrogen-bond donors (Lipinski definition) is 1. The van der Waals surface area contributed by atoms with Crippen LogP contribution in [0.5, 0.6) is 0 Å². The molecule has 2 aromatic rings. The zero-order chi connectivity index (χ0) is 11.5. The monoisotopic (exact) mass is 328 g/mol. The predicted octanol–water partition coefficient (Wildman–Crippen LogP) is 2.84. The van der Waals surface area contributed by atoms with Gasteiger partial charge in [0.15, 0.2) is 0 Å². The highest BCUT2D eigenvalue weighted by molar-refractivity contribution is 14.1. The first-order valence-electron chi connectivity index (χ1n) is 4.65. The first-order valence-corrected chi connectivity index (χ1v) is 5.73. The first-order chi connectivity index (χ1) is 7.66. The maximum absolute atomic E-state index is 11.7. The zero-order valence-electron chi connectivity index (χ0n) is 8.53. The van der Waals surface area contributed by atoms with Crippen LogP contribution in [0.25, 0.3) is 0 Å². The molecular formula is C11H9IN2O2. The van der Waals surface area contributed by atoms with Crippen molar-refractivity contribution in [2.75, 3.05) is 5.32 Å². The van der Waals surface area contributed by atoms with Crippen LogP contribution in [0.3, 0.4) is 0 Å². The van der Waals surface area contributed by atoms with Gasteiger partial charge in [-0.3, -0.25) is 4.79 Å². The van der Waals surface area contributed by atoms with Crippen molar-refractivity contribution in [3.05, 3.63) is 45.4 Å². The average Bonchev–Trinajstić information content (AvgIpc) is 2.68. The Kier molecular flexibility index (Phi) is 3.23. The molecule has 1 N–H and O–H groups in total. The number of halogens is 1. The molecule has 0 bridgehead atoms. The summed E-state index contributed by atoms with van der Waals surface area (Å²) in [5.41, 5.74) is 1.46.